The Morgan fingerprint density at radius 2 is 1.75 bits per heavy atom. The van der Waals surface area contributed by atoms with Crippen molar-refractivity contribution < 1.29 is 4.79 Å². The van der Waals surface area contributed by atoms with Gasteiger partial charge >= 0.3 is 0 Å². The molecule has 1 amide bonds. The van der Waals surface area contributed by atoms with E-state index in [2.05, 4.69) is 19.1 Å². The number of carbonyl (C=O) groups excluding carboxylic acids is 1. The third kappa shape index (κ3) is 4.04. The van der Waals surface area contributed by atoms with Gasteiger partial charge in [-0.15, -0.1) is 0 Å². The number of nitrogens with zero attached hydrogens (tertiary/aromatic N) is 1. The van der Waals surface area contributed by atoms with Crippen molar-refractivity contribution in [3.8, 4) is 0 Å². The molecule has 1 unspecified atom stereocenters. The molecule has 2 aromatic rings. The van der Waals surface area contributed by atoms with Crippen LogP contribution < -0.4 is 5.73 Å². The summed E-state index contributed by atoms with van der Waals surface area (Å²) in [6.07, 6.45) is 3.31. The topological polar surface area (TPSA) is 46.3 Å². The van der Waals surface area contributed by atoms with Gasteiger partial charge in [-0.3, -0.25) is 4.79 Å². The highest BCUT2D eigenvalue weighted by Crippen LogP contribution is 2.36. The van der Waals surface area contributed by atoms with Gasteiger partial charge in [0, 0.05) is 18.2 Å². The number of hydrogen-bond acceptors (Lipinski definition) is 2. The first-order valence-corrected chi connectivity index (χ1v) is 8.83. The summed E-state index contributed by atoms with van der Waals surface area (Å²) >= 11 is 0. The number of nitrogens with two attached hydrogens (primary N) is 1. The largest absolute Gasteiger partial charge is 0.331 e. The minimum Gasteiger partial charge on any atom is -0.331 e. The predicted octanol–water partition coefficient (Wildman–Crippen LogP) is 3.63. The Morgan fingerprint density at radius 3 is 2.33 bits per heavy atom. The average Bonchev–Trinajstić information content (AvgIpc) is 3.45. The summed E-state index contributed by atoms with van der Waals surface area (Å²) in [6.45, 7) is 3.48. The van der Waals surface area contributed by atoms with Crippen LogP contribution in [0.25, 0.3) is 0 Å². The Kier molecular flexibility index (Phi) is 5.31. The number of benzene rings is 2. The summed E-state index contributed by atoms with van der Waals surface area (Å²) in [6, 6.07) is 18.4. The molecule has 0 radical (unpaired) electrons. The zero-order valence-electron chi connectivity index (χ0n) is 14.3. The molecule has 3 rings (SSSR count). The molecule has 126 valence electrons. The van der Waals surface area contributed by atoms with Crippen LogP contribution in [-0.2, 0) is 13.0 Å². The van der Waals surface area contributed by atoms with E-state index in [1.165, 1.54) is 24.0 Å². The first-order chi connectivity index (χ1) is 11.7. The van der Waals surface area contributed by atoms with Gasteiger partial charge in [0.1, 0.15) is 0 Å². The molecule has 2 N–H and O–H groups in total. The van der Waals surface area contributed by atoms with E-state index in [4.69, 9.17) is 5.73 Å². The number of carbonyl (C=O) groups is 1. The van der Waals surface area contributed by atoms with Crippen LogP contribution in [0.5, 0.6) is 0 Å². The highest BCUT2D eigenvalue weighted by atomic mass is 16.2. The lowest BCUT2D eigenvalue weighted by Gasteiger charge is -2.30. The molecule has 0 aliphatic heterocycles. The molecule has 3 heteroatoms. The highest BCUT2D eigenvalue weighted by molar-refractivity contribution is 5.94. The normalized spacial score (nSPS) is 15.1. The van der Waals surface area contributed by atoms with Crippen molar-refractivity contribution in [3.63, 3.8) is 0 Å². The fraction of sp³-hybridized carbons (Fsp3) is 0.381. The average molecular weight is 322 g/mol. The first-order valence-electron chi connectivity index (χ1n) is 8.83. The van der Waals surface area contributed by atoms with Gasteiger partial charge in [0.25, 0.3) is 5.91 Å². The van der Waals surface area contributed by atoms with Gasteiger partial charge < -0.3 is 10.6 Å². The molecular formula is C21H26N2O. The van der Waals surface area contributed by atoms with Crippen molar-refractivity contribution in [2.45, 2.75) is 38.8 Å². The zero-order valence-corrected chi connectivity index (χ0v) is 14.3. The van der Waals surface area contributed by atoms with Crippen LogP contribution in [0, 0.1) is 5.92 Å². The molecule has 24 heavy (non-hydrogen) atoms. The molecule has 1 aliphatic rings. The molecule has 3 nitrogen and oxygen atoms in total. The molecule has 1 atom stereocenters. The fourth-order valence-corrected chi connectivity index (χ4v) is 3.16. The highest BCUT2D eigenvalue weighted by Gasteiger charge is 2.34. The fourth-order valence-electron chi connectivity index (χ4n) is 3.16. The van der Waals surface area contributed by atoms with E-state index in [1.54, 1.807) is 0 Å². The zero-order chi connectivity index (χ0) is 16.9. The summed E-state index contributed by atoms with van der Waals surface area (Å²) in [5.41, 5.74) is 8.72. The smallest absolute Gasteiger partial charge is 0.254 e. The van der Waals surface area contributed by atoms with Crippen molar-refractivity contribution in [1.29, 1.82) is 0 Å². The monoisotopic (exact) mass is 322 g/mol. The molecule has 1 saturated carbocycles. The Hall–Kier alpha value is -2.13. The van der Waals surface area contributed by atoms with E-state index < -0.39 is 0 Å². The second-order valence-electron chi connectivity index (χ2n) is 6.73. The van der Waals surface area contributed by atoms with Gasteiger partial charge in [0.15, 0.2) is 0 Å². The van der Waals surface area contributed by atoms with E-state index in [9.17, 15) is 4.79 Å². The molecule has 2 aromatic carbocycles. The van der Waals surface area contributed by atoms with Crippen LogP contribution in [0.15, 0.2) is 54.6 Å². The maximum absolute atomic E-state index is 13.1. The van der Waals surface area contributed by atoms with Crippen LogP contribution in [0.3, 0.4) is 0 Å². The molecule has 0 bridgehead atoms. The SMILES string of the molecule is CC(C1CC1)N(Cc1ccccc1)C(=O)c1ccc(CCN)cc1. The van der Waals surface area contributed by atoms with E-state index in [-0.39, 0.29) is 11.9 Å². The van der Waals surface area contributed by atoms with Crippen molar-refractivity contribution in [2.24, 2.45) is 11.7 Å². The summed E-state index contributed by atoms with van der Waals surface area (Å²) in [7, 11) is 0. The first kappa shape index (κ1) is 16.7. The maximum atomic E-state index is 13.1. The third-order valence-corrected chi connectivity index (χ3v) is 4.89. The van der Waals surface area contributed by atoms with Crippen LogP contribution in [0.1, 0.15) is 41.3 Å². The lowest BCUT2D eigenvalue weighted by Crippen LogP contribution is -2.39. The quantitative estimate of drug-likeness (QED) is 0.846. The van der Waals surface area contributed by atoms with Crippen LogP contribution in [-0.4, -0.2) is 23.4 Å². The summed E-state index contributed by atoms with van der Waals surface area (Å²) < 4.78 is 0. The van der Waals surface area contributed by atoms with Crippen molar-refractivity contribution in [2.75, 3.05) is 6.54 Å². The van der Waals surface area contributed by atoms with Crippen LogP contribution >= 0.6 is 0 Å². The second-order valence-corrected chi connectivity index (χ2v) is 6.73. The minimum absolute atomic E-state index is 0.123. The number of rotatable bonds is 7. The summed E-state index contributed by atoms with van der Waals surface area (Å²) in [4.78, 5) is 15.1. The number of amides is 1. The molecule has 0 aromatic heterocycles. The van der Waals surface area contributed by atoms with Gasteiger partial charge in [0.2, 0.25) is 0 Å². The van der Waals surface area contributed by atoms with Crippen molar-refractivity contribution in [1.82, 2.24) is 4.90 Å². The van der Waals surface area contributed by atoms with E-state index >= 15 is 0 Å². The standard InChI is InChI=1S/C21H26N2O/c1-16(19-11-12-19)23(15-18-5-3-2-4-6-18)21(24)20-9-7-17(8-10-20)13-14-22/h2-10,16,19H,11-15,22H2,1H3. The lowest BCUT2D eigenvalue weighted by atomic mass is 10.1. The molecule has 0 spiro atoms. The Bertz CT molecular complexity index is 662. The van der Waals surface area contributed by atoms with Gasteiger partial charge in [-0.1, -0.05) is 42.5 Å². The minimum atomic E-state index is 0.123. The summed E-state index contributed by atoms with van der Waals surface area (Å²) in [5, 5.41) is 0. The van der Waals surface area contributed by atoms with E-state index in [0.29, 0.717) is 19.0 Å². The second kappa shape index (κ2) is 7.63. The molecule has 1 fully saturated rings. The predicted molar refractivity (Wildman–Crippen MR) is 97.7 cm³/mol. The van der Waals surface area contributed by atoms with Crippen molar-refractivity contribution in [3.05, 3.63) is 71.3 Å². The van der Waals surface area contributed by atoms with Crippen molar-refractivity contribution >= 4 is 5.91 Å². The molecule has 1 aliphatic carbocycles. The summed E-state index contributed by atoms with van der Waals surface area (Å²) in [5.74, 6) is 0.770. The van der Waals surface area contributed by atoms with Gasteiger partial charge in [0.05, 0.1) is 0 Å². The van der Waals surface area contributed by atoms with Crippen LogP contribution in [0.2, 0.25) is 0 Å². The van der Waals surface area contributed by atoms with E-state index in [1.807, 2.05) is 47.4 Å². The Balaban J connectivity index is 1.79. The molecule has 0 heterocycles. The van der Waals surface area contributed by atoms with E-state index in [0.717, 1.165) is 12.0 Å². The Labute approximate surface area is 144 Å². The van der Waals surface area contributed by atoms with Gasteiger partial charge in [-0.2, -0.15) is 0 Å². The maximum Gasteiger partial charge on any atom is 0.254 e. The molecule has 0 saturated heterocycles. The Morgan fingerprint density at radius 1 is 1.08 bits per heavy atom. The third-order valence-electron chi connectivity index (χ3n) is 4.89. The van der Waals surface area contributed by atoms with Gasteiger partial charge in [-0.25, -0.2) is 0 Å². The van der Waals surface area contributed by atoms with Gasteiger partial charge in [-0.05, 0) is 61.9 Å². The van der Waals surface area contributed by atoms with Crippen LogP contribution in [0.4, 0.5) is 0 Å². The molecular weight excluding hydrogens is 296 g/mol. The number of hydrogen-bond donors (Lipinski definition) is 1. The lowest BCUT2D eigenvalue weighted by molar-refractivity contribution is 0.0654.